The number of aromatic nitrogens is 1. The standard InChI is InChI=1S/C8H5F3INO3/c1-3-4(7(14)15)2-5(12)6(13-3)16-8(9,10)11/h2H,1H3,(H,14,15). The SMILES string of the molecule is Cc1nc(OC(F)(F)F)c(I)cc1C(=O)O. The molecule has 1 aromatic rings. The minimum absolute atomic E-state index is 0.0158. The number of ether oxygens (including phenoxy) is 1. The van der Waals surface area contributed by atoms with E-state index in [1.807, 2.05) is 0 Å². The lowest BCUT2D eigenvalue weighted by Crippen LogP contribution is -2.19. The maximum absolute atomic E-state index is 11.9. The Balaban J connectivity index is 3.16. The Kier molecular flexibility index (Phi) is 3.61. The van der Waals surface area contributed by atoms with Gasteiger partial charge in [-0.1, -0.05) is 0 Å². The van der Waals surface area contributed by atoms with E-state index in [0.29, 0.717) is 0 Å². The Hall–Kier alpha value is -1.06. The molecule has 0 spiro atoms. The first-order valence-corrected chi connectivity index (χ1v) is 4.95. The molecular formula is C8H5F3INO3. The van der Waals surface area contributed by atoms with Crippen LogP contribution in [-0.4, -0.2) is 22.4 Å². The summed E-state index contributed by atoms with van der Waals surface area (Å²) in [6, 6.07) is 1.08. The van der Waals surface area contributed by atoms with Crippen molar-refractivity contribution in [3.8, 4) is 5.88 Å². The molecule has 1 aromatic heterocycles. The molecule has 0 aromatic carbocycles. The van der Waals surface area contributed by atoms with Gasteiger partial charge in [0.25, 0.3) is 0 Å². The fourth-order valence-electron chi connectivity index (χ4n) is 0.957. The monoisotopic (exact) mass is 347 g/mol. The van der Waals surface area contributed by atoms with Crippen molar-refractivity contribution in [3.05, 3.63) is 20.9 Å². The maximum atomic E-state index is 11.9. The Bertz CT molecular complexity index is 433. The van der Waals surface area contributed by atoms with E-state index in [-0.39, 0.29) is 14.8 Å². The summed E-state index contributed by atoms with van der Waals surface area (Å²) in [4.78, 5) is 14.1. The van der Waals surface area contributed by atoms with E-state index < -0.39 is 18.2 Å². The molecule has 0 aliphatic carbocycles. The largest absolute Gasteiger partial charge is 0.574 e. The van der Waals surface area contributed by atoms with Crippen molar-refractivity contribution in [1.29, 1.82) is 0 Å². The van der Waals surface area contributed by atoms with Gasteiger partial charge in [-0.15, -0.1) is 13.2 Å². The lowest BCUT2D eigenvalue weighted by atomic mass is 10.2. The highest BCUT2D eigenvalue weighted by Crippen LogP contribution is 2.27. The first-order valence-electron chi connectivity index (χ1n) is 3.87. The molecule has 0 fully saturated rings. The van der Waals surface area contributed by atoms with Gasteiger partial charge in [-0.2, -0.15) is 0 Å². The van der Waals surface area contributed by atoms with Crippen LogP contribution in [0.4, 0.5) is 13.2 Å². The van der Waals surface area contributed by atoms with Crippen molar-refractivity contribution < 1.29 is 27.8 Å². The van der Waals surface area contributed by atoms with Crippen LogP contribution in [0.3, 0.4) is 0 Å². The zero-order chi connectivity index (χ0) is 12.5. The summed E-state index contributed by atoms with van der Waals surface area (Å²) in [6.45, 7) is 1.29. The van der Waals surface area contributed by atoms with Crippen molar-refractivity contribution >= 4 is 28.6 Å². The number of alkyl halides is 3. The van der Waals surface area contributed by atoms with Gasteiger partial charge in [0.2, 0.25) is 5.88 Å². The van der Waals surface area contributed by atoms with E-state index in [1.54, 1.807) is 0 Å². The Labute approximate surface area is 102 Å². The van der Waals surface area contributed by atoms with Gasteiger partial charge < -0.3 is 9.84 Å². The quantitative estimate of drug-likeness (QED) is 0.836. The molecule has 0 amide bonds. The highest BCUT2D eigenvalue weighted by molar-refractivity contribution is 14.1. The molecule has 0 bridgehead atoms. The molecule has 4 nitrogen and oxygen atoms in total. The van der Waals surface area contributed by atoms with Gasteiger partial charge in [-0.25, -0.2) is 9.78 Å². The van der Waals surface area contributed by atoms with Crippen LogP contribution in [0, 0.1) is 10.5 Å². The van der Waals surface area contributed by atoms with Crippen LogP contribution in [0.5, 0.6) is 5.88 Å². The number of carboxylic acids is 1. The summed E-state index contributed by atoms with van der Waals surface area (Å²) in [5, 5.41) is 8.71. The fraction of sp³-hybridized carbons (Fsp3) is 0.250. The minimum Gasteiger partial charge on any atom is -0.478 e. The van der Waals surface area contributed by atoms with Crippen LogP contribution in [0.2, 0.25) is 0 Å². The summed E-state index contributed by atoms with van der Waals surface area (Å²) in [7, 11) is 0. The van der Waals surface area contributed by atoms with E-state index in [1.165, 1.54) is 29.5 Å². The van der Waals surface area contributed by atoms with Gasteiger partial charge in [0.05, 0.1) is 14.8 Å². The number of hydrogen-bond donors (Lipinski definition) is 1. The van der Waals surface area contributed by atoms with Crippen molar-refractivity contribution in [2.45, 2.75) is 13.3 Å². The van der Waals surface area contributed by atoms with E-state index in [0.717, 1.165) is 6.07 Å². The summed E-state index contributed by atoms with van der Waals surface area (Å²) >= 11 is 1.53. The Morgan fingerprint density at radius 1 is 1.56 bits per heavy atom. The number of pyridine rings is 1. The van der Waals surface area contributed by atoms with Crippen LogP contribution in [-0.2, 0) is 0 Å². The van der Waals surface area contributed by atoms with Crippen molar-refractivity contribution in [2.24, 2.45) is 0 Å². The van der Waals surface area contributed by atoms with E-state index in [2.05, 4.69) is 9.72 Å². The van der Waals surface area contributed by atoms with E-state index >= 15 is 0 Å². The van der Waals surface area contributed by atoms with Gasteiger partial charge in [0.1, 0.15) is 0 Å². The zero-order valence-corrected chi connectivity index (χ0v) is 9.96. The van der Waals surface area contributed by atoms with Crippen LogP contribution in [0.25, 0.3) is 0 Å². The van der Waals surface area contributed by atoms with Crippen LogP contribution < -0.4 is 4.74 Å². The molecule has 1 N–H and O–H groups in total. The second-order valence-electron chi connectivity index (χ2n) is 2.76. The second-order valence-corrected chi connectivity index (χ2v) is 3.92. The average Bonchev–Trinajstić information content (AvgIpc) is 2.07. The summed E-state index contributed by atoms with van der Waals surface area (Å²) in [6.07, 6.45) is -4.84. The third-order valence-corrected chi connectivity index (χ3v) is 2.35. The van der Waals surface area contributed by atoms with Crippen molar-refractivity contribution in [3.63, 3.8) is 0 Å². The third kappa shape index (κ3) is 3.22. The molecule has 88 valence electrons. The van der Waals surface area contributed by atoms with Crippen LogP contribution in [0.1, 0.15) is 16.1 Å². The number of carboxylic acid groups (broad SMARTS) is 1. The minimum atomic E-state index is -4.84. The van der Waals surface area contributed by atoms with Gasteiger partial charge in [-0.05, 0) is 35.6 Å². The number of halogens is 4. The second kappa shape index (κ2) is 4.44. The molecule has 0 saturated heterocycles. The zero-order valence-electron chi connectivity index (χ0n) is 7.80. The summed E-state index contributed by atoms with van der Waals surface area (Å²) in [5.41, 5.74) is -0.189. The average molecular weight is 347 g/mol. The normalized spacial score (nSPS) is 11.3. The predicted octanol–water partition coefficient (Wildman–Crippen LogP) is 2.59. The first-order chi connectivity index (χ1) is 7.20. The molecule has 0 saturated carbocycles. The number of hydrogen-bond acceptors (Lipinski definition) is 3. The molecule has 1 heterocycles. The lowest BCUT2D eigenvalue weighted by molar-refractivity contribution is -0.276. The first kappa shape index (κ1) is 13.0. The van der Waals surface area contributed by atoms with Crippen molar-refractivity contribution in [2.75, 3.05) is 0 Å². The molecule has 0 aliphatic heterocycles. The van der Waals surface area contributed by atoms with E-state index in [4.69, 9.17) is 5.11 Å². The molecule has 0 radical (unpaired) electrons. The highest BCUT2D eigenvalue weighted by Gasteiger charge is 2.33. The lowest BCUT2D eigenvalue weighted by Gasteiger charge is -2.11. The maximum Gasteiger partial charge on any atom is 0.574 e. The number of carbonyl (C=O) groups is 1. The van der Waals surface area contributed by atoms with Gasteiger partial charge in [-0.3, -0.25) is 0 Å². The van der Waals surface area contributed by atoms with Gasteiger partial charge in [0, 0.05) is 0 Å². The number of rotatable bonds is 2. The molecule has 1 rings (SSSR count). The number of aromatic carboxylic acids is 1. The molecule has 8 heteroatoms. The molecule has 16 heavy (non-hydrogen) atoms. The topological polar surface area (TPSA) is 59.4 Å². The smallest absolute Gasteiger partial charge is 0.478 e. The molecule has 0 atom stereocenters. The Morgan fingerprint density at radius 2 is 2.12 bits per heavy atom. The summed E-state index contributed by atoms with van der Waals surface area (Å²) in [5.74, 6) is -1.89. The third-order valence-electron chi connectivity index (χ3n) is 1.58. The number of aryl methyl sites for hydroxylation is 1. The van der Waals surface area contributed by atoms with Crippen LogP contribution in [0.15, 0.2) is 6.07 Å². The van der Waals surface area contributed by atoms with Gasteiger partial charge in [0.15, 0.2) is 0 Å². The molecule has 0 unspecified atom stereocenters. The predicted molar refractivity (Wildman–Crippen MR) is 55.3 cm³/mol. The molecule has 0 aliphatic rings. The Morgan fingerprint density at radius 3 is 2.56 bits per heavy atom. The van der Waals surface area contributed by atoms with Gasteiger partial charge >= 0.3 is 12.3 Å². The van der Waals surface area contributed by atoms with E-state index in [9.17, 15) is 18.0 Å². The van der Waals surface area contributed by atoms with Crippen molar-refractivity contribution in [1.82, 2.24) is 4.98 Å². The van der Waals surface area contributed by atoms with Crippen LogP contribution >= 0.6 is 22.6 Å². The summed E-state index contributed by atoms with van der Waals surface area (Å²) < 4.78 is 39.4. The molecular weight excluding hydrogens is 342 g/mol. The highest BCUT2D eigenvalue weighted by atomic mass is 127. The number of nitrogens with zero attached hydrogens (tertiary/aromatic N) is 1. The fourth-order valence-corrected chi connectivity index (χ4v) is 1.50.